The topological polar surface area (TPSA) is 55.8 Å². The number of ether oxygens (including phenoxy) is 2. The van der Waals surface area contributed by atoms with Crippen LogP contribution in [0.15, 0.2) is 0 Å². The molecule has 1 aliphatic heterocycles. The monoisotopic (exact) mass is 210 g/mol. The zero-order valence-electron chi connectivity index (χ0n) is 7.65. The van der Waals surface area contributed by atoms with Crippen molar-refractivity contribution in [3.05, 3.63) is 0 Å². The lowest BCUT2D eigenvalue weighted by molar-refractivity contribution is -0.148. The predicted octanol–water partition coefficient (Wildman–Crippen LogP) is 0.756. The molecule has 1 N–H and O–H groups in total. The average Bonchev–Trinajstić information content (AvgIpc) is 2.49. The Kier molecular flexibility index (Phi) is 3.77. The maximum absolute atomic E-state index is 12.3. The summed E-state index contributed by atoms with van der Waals surface area (Å²) in [6.45, 7) is 0.146. The van der Waals surface area contributed by atoms with Crippen molar-refractivity contribution in [2.45, 2.75) is 25.1 Å². The number of alkyl halides is 2. The molecule has 6 heteroatoms. The van der Waals surface area contributed by atoms with E-state index >= 15 is 0 Å². The number of halogens is 2. The zero-order chi connectivity index (χ0) is 10.7. The van der Waals surface area contributed by atoms with Crippen LogP contribution in [0.25, 0.3) is 0 Å². The zero-order valence-corrected chi connectivity index (χ0v) is 7.65. The first-order valence-corrected chi connectivity index (χ1v) is 4.21. The molecule has 0 saturated carbocycles. The van der Waals surface area contributed by atoms with Crippen molar-refractivity contribution in [2.24, 2.45) is 5.92 Å². The first-order chi connectivity index (χ1) is 6.56. The number of aliphatic carboxylic acids is 1. The summed E-state index contributed by atoms with van der Waals surface area (Å²) in [6.07, 6.45) is -4.73. The molecule has 1 saturated heterocycles. The summed E-state index contributed by atoms with van der Waals surface area (Å²) >= 11 is 0. The molecule has 82 valence electrons. The van der Waals surface area contributed by atoms with Crippen LogP contribution >= 0.6 is 0 Å². The molecule has 3 atom stereocenters. The van der Waals surface area contributed by atoms with Crippen molar-refractivity contribution in [1.82, 2.24) is 0 Å². The van der Waals surface area contributed by atoms with Crippen LogP contribution in [0.3, 0.4) is 0 Å². The van der Waals surface area contributed by atoms with Gasteiger partial charge in [-0.25, -0.2) is 8.78 Å². The maximum Gasteiger partial charge on any atom is 0.309 e. The van der Waals surface area contributed by atoms with E-state index in [9.17, 15) is 13.6 Å². The smallest absolute Gasteiger partial charge is 0.309 e. The minimum absolute atomic E-state index is 0.0815. The molecule has 1 rings (SSSR count). The van der Waals surface area contributed by atoms with Gasteiger partial charge in [0.25, 0.3) is 6.43 Å². The Balaban J connectivity index is 2.60. The highest BCUT2D eigenvalue weighted by Crippen LogP contribution is 2.30. The van der Waals surface area contributed by atoms with Crippen LogP contribution in [-0.4, -0.2) is 43.4 Å². The second-order valence-electron chi connectivity index (χ2n) is 3.19. The standard InChI is InChI=1S/C8H12F2O4/c1-13-3-4-2-5(8(11)12)6(14-4)7(9)10/h4-7H,2-3H2,1H3,(H,11,12). The molecule has 0 radical (unpaired) electrons. The minimum Gasteiger partial charge on any atom is -0.481 e. The number of rotatable bonds is 4. The lowest BCUT2D eigenvalue weighted by atomic mass is 10.00. The normalized spacial score (nSPS) is 32.4. The number of carbonyl (C=O) groups is 1. The summed E-state index contributed by atoms with van der Waals surface area (Å²) in [5.74, 6) is -2.37. The molecule has 0 bridgehead atoms. The lowest BCUT2D eigenvalue weighted by Gasteiger charge is -2.13. The fraction of sp³-hybridized carbons (Fsp3) is 0.875. The second-order valence-corrected chi connectivity index (χ2v) is 3.19. The van der Waals surface area contributed by atoms with Crippen LogP contribution in [0.4, 0.5) is 8.78 Å². The van der Waals surface area contributed by atoms with Gasteiger partial charge in [0, 0.05) is 7.11 Å². The molecule has 1 heterocycles. The number of carboxylic acid groups (broad SMARTS) is 1. The van der Waals surface area contributed by atoms with Gasteiger partial charge < -0.3 is 14.6 Å². The summed E-state index contributed by atoms with van der Waals surface area (Å²) in [5, 5.41) is 8.66. The molecule has 3 unspecified atom stereocenters. The molecule has 0 aliphatic carbocycles. The third-order valence-electron chi connectivity index (χ3n) is 2.18. The highest BCUT2D eigenvalue weighted by atomic mass is 19.3. The van der Waals surface area contributed by atoms with Gasteiger partial charge in [0.15, 0.2) is 0 Å². The Morgan fingerprint density at radius 3 is 2.71 bits per heavy atom. The number of carboxylic acids is 1. The van der Waals surface area contributed by atoms with E-state index < -0.39 is 30.5 Å². The Labute approximate surface area is 79.8 Å². The van der Waals surface area contributed by atoms with Gasteiger partial charge in [-0.1, -0.05) is 0 Å². The molecule has 0 amide bonds. The van der Waals surface area contributed by atoms with Gasteiger partial charge in [0.05, 0.1) is 18.6 Å². The van der Waals surface area contributed by atoms with Gasteiger partial charge in [-0.3, -0.25) is 4.79 Å². The summed E-state index contributed by atoms with van der Waals surface area (Å²) < 4.78 is 34.3. The SMILES string of the molecule is COCC1CC(C(=O)O)C(C(F)F)O1. The van der Waals surface area contributed by atoms with Crippen LogP contribution in [0.2, 0.25) is 0 Å². The van der Waals surface area contributed by atoms with Gasteiger partial charge in [0.2, 0.25) is 0 Å². The summed E-state index contributed by atoms with van der Waals surface area (Å²) in [7, 11) is 1.41. The van der Waals surface area contributed by atoms with Gasteiger partial charge in [-0.2, -0.15) is 0 Å². The molecular formula is C8H12F2O4. The second kappa shape index (κ2) is 4.65. The molecule has 0 aromatic rings. The maximum atomic E-state index is 12.3. The molecule has 0 aromatic heterocycles. The van der Waals surface area contributed by atoms with Gasteiger partial charge >= 0.3 is 5.97 Å². The van der Waals surface area contributed by atoms with E-state index in [0.717, 1.165) is 0 Å². The Morgan fingerprint density at radius 2 is 2.36 bits per heavy atom. The Morgan fingerprint density at radius 1 is 1.71 bits per heavy atom. The quantitative estimate of drug-likeness (QED) is 0.744. The fourth-order valence-electron chi connectivity index (χ4n) is 1.56. The highest BCUT2D eigenvalue weighted by Gasteiger charge is 2.44. The van der Waals surface area contributed by atoms with E-state index in [4.69, 9.17) is 14.6 Å². The molecule has 4 nitrogen and oxygen atoms in total. The first kappa shape index (κ1) is 11.3. The molecule has 1 fully saturated rings. The van der Waals surface area contributed by atoms with E-state index in [1.54, 1.807) is 0 Å². The summed E-state index contributed by atoms with van der Waals surface area (Å²) in [6, 6.07) is 0. The van der Waals surface area contributed by atoms with Gasteiger partial charge in [-0.05, 0) is 6.42 Å². The van der Waals surface area contributed by atoms with E-state index in [1.807, 2.05) is 0 Å². The summed E-state index contributed by atoms with van der Waals surface area (Å²) in [4.78, 5) is 10.6. The third-order valence-corrected chi connectivity index (χ3v) is 2.18. The third kappa shape index (κ3) is 2.39. The van der Waals surface area contributed by atoms with Crippen LogP contribution in [-0.2, 0) is 14.3 Å². The molecule has 14 heavy (non-hydrogen) atoms. The summed E-state index contributed by atoms with van der Waals surface area (Å²) in [5.41, 5.74) is 0. The first-order valence-electron chi connectivity index (χ1n) is 4.21. The number of hydrogen-bond acceptors (Lipinski definition) is 3. The van der Waals surface area contributed by atoms with Gasteiger partial charge in [-0.15, -0.1) is 0 Å². The van der Waals surface area contributed by atoms with E-state index in [0.29, 0.717) is 0 Å². The fourth-order valence-corrected chi connectivity index (χ4v) is 1.56. The molecule has 0 aromatic carbocycles. The largest absolute Gasteiger partial charge is 0.481 e. The van der Waals surface area contributed by atoms with Crippen molar-refractivity contribution in [3.8, 4) is 0 Å². The Bertz CT molecular complexity index is 210. The van der Waals surface area contributed by atoms with Crippen molar-refractivity contribution in [3.63, 3.8) is 0 Å². The number of methoxy groups -OCH3 is 1. The van der Waals surface area contributed by atoms with E-state index in [1.165, 1.54) is 7.11 Å². The van der Waals surface area contributed by atoms with Crippen molar-refractivity contribution in [1.29, 1.82) is 0 Å². The van der Waals surface area contributed by atoms with Crippen LogP contribution in [0, 0.1) is 5.92 Å². The van der Waals surface area contributed by atoms with Crippen LogP contribution < -0.4 is 0 Å². The highest BCUT2D eigenvalue weighted by molar-refractivity contribution is 5.71. The lowest BCUT2D eigenvalue weighted by Crippen LogP contribution is -2.30. The van der Waals surface area contributed by atoms with E-state index in [-0.39, 0.29) is 13.0 Å². The molecular weight excluding hydrogens is 198 g/mol. The number of hydrogen-bond donors (Lipinski definition) is 1. The van der Waals surface area contributed by atoms with Crippen molar-refractivity contribution < 1.29 is 28.2 Å². The molecule has 1 aliphatic rings. The molecule has 0 spiro atoms. The van der Waals surface area contributed by atoms with Crippen molar-refractivity contribution in [2.75, 3.05) is 13.7 Å². The minimum atomic E-state index is -2.77. The van der Waals surface area contributed by atoms with Crippen LogP contribution in [0.5, 0.6) is 0 Å². The Hall–Kier alpha value is -0.750. The van der Waals surface area contributed by atoms with E-state index in [2.05, 4.69) is 0 Å². The van der Waals surface area contributed by atoms with Crippen molar-refractivity contribution >= 4 is 5.97 Å². The predicted molar refractivity (Wildman–Crippen MR) is 42.3 cm³/mol. The van der Waals surface area contributed by atoms with Crippen LogP contribution in [0.1, 0.15) is 6.42 Å². The average molecular weight is 210 g/mol. The van der Waals surface area contributed by atoms with Gasteiger partial charge in [0.1, 0.15) is 6.10 Å².